The fourth-order valence-corrected chi connectivity index (χ4v) is 2.70. The molecule has 2 aromatic rings. The number of carbonyl (C=O) groups is 2. The standard InChI is InChI=1S/C19H17BrO5/c1-24-17-8-5-15(20)10-13(17)3-6-16(21)12-4-7-18(25-2)14(9-12)11-19(22)23/h3-10H,11H2,1-2H3,(H,22,23)/p-1/b6-3+. The lowest BCUT2D eigenvalue weighted by Gasteiger charge is -2.10. The number of rotatable bonds is 7. The van der Waals surface area contributed by atoms with E-state index in [0.717, 1.165) is 10.0 Å². The number of carboxylic acids is 1. The van der Waals surface area contributed by atoms with E-state index >= 15 is 0 Å². The van der Waals surface area contributed by atoms with E-state index in [1.807, 2.05) is 12.1 Å². The third-order valence-corrected chi connectivity index (χ3v) is 4.00. The van der Waals surface area contributed by atoms with Gasteiger partial charge in [0.2, 0.25) is 0 Å². The van der Waals surface area contributed by atoms with E-state index in [0.29, 0.717) is 22.6 Å². The summed E-state index contributed by atoms with van der Waals surface area (Å²) < 4.78 is 11.2. The first-order chi connectivity index (χ1) is 11.9. The molecule has 0 unspecified atom stereocenters. The van der Waals surface area contributed by atoms with Gasteiger partial charge in [0.05, 0.1) is 14.2 Å². The molecule has 0 heterocycles. The Morgan fingerprint density at radius 1 is 1.08 bits per heavy atom. The lowest BCUT2D eigenvalue weighted by molar-refractivity contribution is -0.304. The molecule has 0 spiro atoms. The Balaban J connectivity index is 2.29. The van der Waals surface area contributed by atoms with Crippen LogP contribution in [0.2, 0.25) is 0 Å². The molecule has 0 radical (unpaired) electrons. The van der Waals surface area contributed by atoms with E-state index in [4.69, 9.17) is 9.47 Å². The number of carbonyl (C=O) groups excluding carboxylic acids is 2. The van der Waals surface area contributed by atoms with Crippen molar-refractivity contribution in [1.29, 1.82) is 0 Å². The van der Waals surface area contributed by atoms with Crippen LogP contribution >= 0.6 is 15.9 Å². The molecule has 6 heteroatoms. The van der Waals surface area contributed by atoms with E-state index in [2.05, 4.69) is 15.9 Å². The first-order valence-electron chi connectivity index (χ1n) is 7.37. The second-order valence-electron chi connectivity index (χ2n) is 5.16. The fourth-order valence-electron chi connectivity index (χ4n) is 2.32. The zero-order valence-electron chi connectivity index (χ0n) is 13.7. The summed E-state index contributed by atoms with van der Waals surface area (Å²) in [6.45, 7) is 0. The molecule has 130 valence electrons. The number of hydrogen-bond acceptors (Lipinski definition) is 5. The molecule has 2 aromatic carbocycles. The monoisotopic (exact) mass is 403 g/mol. The van der Waals surface area contributed by atoms with Gasteiger partial charge in [-0.15, -0.1) is 0 Å². The third kappa shape index (κ3) is 4.93. The highest BCUT2D eigenvalue weighted by atomic mass is 79.9. The molecule has 0 saturated heterocycles. The van der Waals surface area contributed by atoms with Crippen molar-refractivity contribution < 1.29 is 24.2 Å². The van der Waals surface area contributed by atoms with Crippen LogP contribution in [-0.4, -0.2) is 26.0 Å². The normalized spacial score (nSPS) is 10.7. The molecule has 0 aromatic heterocycles. The van der Waals surface area contributed by atoms with Crippen LogP contribution in [0.3, 0.4) is 0 Å². The number of halogens is 1. The van der Waals surface area contributed by atoms with Gasteiger partial charge in [0.1, 0.15) is 11.5 Å². The lowest BCUT2D eigenvalue weighted by Crippen LogP contribution is -2.24. The van der Waals surface area contributed by atoms with Crippen molar-refractivity contribution in [3.05, 3.63) is 63.6 Å². The number of methoxy groups -OCH3 is 2. The summed E-state index contributed by atoms with van der Waals surface area (Å²) in [7, 11) is 2.99. The minimum absolute atomic E-state index is 0.260. The van der Waals surface area contributed by atoms with Crippen LogP contribution in [0.4, 0.5) is 0 Å². The van der Waals surface area contributed by atoms with Crippen molar-refractivity contribution in [2.24, 2.45) is 0 Å². The van der Waals surface area contributed by atoms with Gasteiger partial charge in [0, 0.05) is 33.6 Å². The second kappa shape index (κ2) is 8.48. The summed E-state index contributed by atoms with van der Waals surface area (Å²) in [5, 5.41) is 10.8. The van der Waals surface area contributed by atoms with Crippen molar-refractivity contribution in [3.8, 4) is 11.5 Å². The highest BCUT2D eigenvalue weighted by Gasteiger charge is 2.09. The Bertz CT molecular complexity index is 827. The Morgan fingerprint density at radius 3 is 2.40 bits per heavy atom. The first-order valence-corrected chi connectivity index (χ1v) is 8.16. The molecule has 0 aliphatic rings. The van der Waals surface area contributed by atoms with Crippen LogP contribution in [0.5, 0.6) is 11.5 Å². The van der Waals surface area contributed by atoms with Crippen LogP contribution in [0, 0.1) is 0 Å². The molecule has 0 atom stereocenters. The van der Waals surface area contributed by atoms with E-state index in [-0.39, 0.29) is 12.2 Å². The summed E-state index contributed by atoms with van der Waals surface area (Å²) in [4.78, 5) is 23.2. The molecule has 0 aliphatic carbocycles. The summed E-state index contributed by atoms with van der Waals surface area (Å²) in [6.07, 6.45) is 2.73. The third-order valence-electron chi connectivity index (χ3n) is 3.51. The van der Waals surface area contributed by atoms with Crippen molar-refractivity contribution in [1.82, 2.24) is 0 Å². The number of hydrogen-bond donors (Lipinski definition) is 0. The molecule has 0 fully saturated rings. The quantitative estimate of drug-likeness (QED) is 0.524. The minimum atomic E-state index is -1.24. The zero-order valence-corrected chi connectivity index (χ0v) is 15.3. The molecule has 0 saturated carbocycles. The highest BCUT2D eigenvalue weighted by molar-refractivity contribution is 9.10. The van der Waals surface area contributed by atoms with Crippen molar-refractivity contribution in [2.75, 3.05) is 14.2 Å². The first kappa shape index (κ1) is 18.7. The lowest BCUT2D eigenvalue weighted by atomic mass is 10.0. The Labute approximate surface area is 154 Å². The van der Waals surface area contributed by atoms with Gasteiger partial charge in [-0.25, -0.2) is 0 Å². The molecule has 5 nitrogen and oxygen atoms in total. The van der Waals surface area contributed by atoms with E-state index in [9.17, 15) is 14.7 Å². The molecule has 25 heavy (non-hydrogen) atoms. The van der Waals surface area contributed by atoms with Gasteiger partial charge in [-0.05, 0) is 48.6 Å². The van der Waals surface area contributed by atoms with Crippen molar-refractivity contribution in [2.45, 2.75) is 6.42 Å². The summed E-state index contributed by atoms with van der Waals surface area (Å²) in [6, 6.07) is 10.1. The van der Waals surface area contributed by atoms with Crippen LogP contribution < -0.4 is 14.6 Å². The molecule has 0 aliphatic heterocycles. The van der Waals surface area contributed by atoms with Gasteiger partial charge < -0.3 is 19.4 Å². The predicted octanol–water partition coefficient (Wildman–Crippen LogP) is 2.65. The maximum absolute atomic E-state index is 12.4. The van der Waals surface area contributed by atoms with E-state index < -0.39 is 5.97 Å². The van der Waals surface area contributed by atoms with Crippen LogP contribution in [-0.2, 0) is 11.2 Å². The number of benzene rings is 2. The summed E-state index contributed by atoms with van der Waals surface area (Å²) >= 11 is 3.38. The van der Waals surface area contributed by atoms with Crippen molar-refractivity contribution >= 4 is 33.8 Å². The Kier molecular flexibility index (Phi) is 6.36. The zero-order chi connectivity index (χ0) is 18.4. The number of ether oxygens (including phenoxy) is 2. The maximum atomic E-state index is 12.4. The SMILES string of the molecule is COc1ccc(Br)cc1/C=C/C(=O)c1ccc(OC)c(CC(=O)[O-])c1. The second-order valence-corrected chi connectivity index (χ2v) is 6.07. The maximum Gasteiger partial charge on any atom is 0.185 e. The van der Waals surface area contributed by atoms with Crippen LogP contribution in [0.15, 0.2) is 46.9 Å². The highest BCUT2D eigenvalue weighted by Crippen LogP contribution is 2.25. The van der Waals surface area contributed by atoms with E-state index in [1.165, 1.54) is 19.3 Å². The van der Waals surface area contributed by atoms with Crippen LogP contribution in [0.1, 0.15) is 21.5 Å². The Morgan fingerprint density at radius 2 is 1.76 bits per heavy atom. The van der Waals surface area contributed by atoms with Gasteiger partial charge in [-0.3, -0.25) is 4.79 Å². The molecule has 0 amide bonds. The molecule has 0 bridgehead atoms. The Hall–Kier alpha value is -2.60. The predicted molar refractivity (Wildman–Crippen MR) is 95.8 cm³/mol. The number of aliphatic carboxylic acids is 1. The van der Waals surface area contributed by atoms with E-state index in [1.54, 1.807) is 31.4 Å². The van der Waals surface area contributed by atoms with Gasteiger partial charge in [0.15, 0.2) is 5.78 Å². The smallest absolute Gasteiger partial charge is 0.185 e. The van der Waals surface area contributed by atoms with Crippen LogP contribution in [0.25, 0.3) is 6.08 Å². The average Bonchev–Trinajstić information content (AvgIpc) is 2.59. The summed E-state index contributed by atoms with van der Waals surface area (Å²) in [5.74, 6) is -0.459. The minimum Gasteiger partial charge on any atom is -0.550 e. The number of ketones is 1. The number of allylic oxidation sites excluding steroid dienone is 1. The molecular weight excluding hydrogens is 388 g/mol. The molecular formula is C19H16BrO5-. The van der Waals surface area contributed by atoms with Gasteiger partial charge in [-0.2, -0.15) is 0 Å². The summed E-state index contributed by atoms with van der Waals surface area (Å²) in [5.41, 5.74) is 1.50. The fraction of sp³-hybridized carbons (Fsp3) is 0.158. The topological polar surface area (TPSA) is 75.7 Å². The van der Waals surface area contributed by atoms with Gasteiger partial charge in [0.25, 0.3) is 0 Å². The average molecular weight is 404 g/mol. The van der Waals surface area contributed by atoms with Gasteiger partial charge >= 0.3 is 0 Å². The molecule has 0 N–H and O–H groups in total. The molecule has 2 rings (SSSR count). The van der Waals surface area contributed by atoms with Crippen molar-refractivity contribution in [3.63, 3.8) is 0 Å². The van der Waals surface area contributed by atoms with Gasteiger partial charge in [-0.1, -0.05) is 15.9 Å². The largest absolute Gasteiger partial charge is 0.550 e. The number of carboxylic acid groups (broad SMARTS) is 1.